The van der Waals surface area contributed by atoms with Crippen LogP contribution in [0.1, 0.15) is 37.2 Å². The molecule has 3 aliphatic heterocycles. The van der Waals surface area contributed by atoms with Crippen molar-refractivity contribution in [3.63, 3.8) is 0 Å². The lowest BCUT2D eigenvalue weighted by Crippen LogP contribution is -2.77. The van der Waals surface area contributed by atoms with Gasteiger partial charge in [-0.1, -0.05) is 0 Å². The average molecular weight is 559 g/mol. The number of anilines is 1. The van der Waals surface area contributed by atoms with Crippen molar-refractivity contribution in [2.24, 2.45) is 0 Å². The number of carbonyl (C=O) groups is 4. The Morgan fingerprint density at radius 1 is 1.10 bits per heavy atom. The number of alkyl halides is 3. The largest absolute Gasteiger partial charge is 0.442 e. The fourth-order valence-electron chi connectivity index (χ4n) is 5.06. The van der Waals surface area contributed by atoms with Gasteiger partial charge in [0, 0.05) is 30.8 Å². The van der Waals surface area contributed by atoms with Crippen LogP contribution in [-0.4, -0.2) is 90.8 Å². The number of amides is 5. The van der Waals surface area contributed by atoms with E-state index >= 15 is 0 Å². The highest BCUT2D eigenvalue weighted by molar-refractivity contribution is 6.01. The molecule has 1 unspecified atom stereocenters. The number of nitrogens with one attached hydrogen (secondary N) is 2. The third-order valence-electron chi connectivity index (χ3n) is 7.61. The molecular formula is C24H26F5N5O5. The number of urea groups is 1. The Hall–Kier alpha value is -3.65. The molecule has 1 aromatic rings. The molecule has 212 valence electrons. The summed E-state index contributed by atoms with van der Waals surface area (Å²) in [6, 6.07) is 1.59. The molecule has 4 fully saturated rings. The number of rotatable bonds is 5. The van der Waals surface area contributed by atoms with Gasteiger partial charge in [0.1, 0.15) is 17.7 Å². The lowest BCUT2D eigenvalue weighted by atomic mass is 9.87. The molecule has 2 N–H and O–H groups in total. The smallest absolute Gasteiger partial charge is 0.415 e. The molecule has 4 aliphatic rings. The molecule has 15 heteroatoms. The number of carbonyl (C=O) groups excluding carboxylic acids is 4. The predicted octanol–water partition coefficient (Wildman–Crippen LogP) is 2.23. The number of ether oxygens (including phenoxy) is 1. The number of likely N-dealkylation sites (tertiary alicyclic amines) is 1. The number of benzene rings is 1. The summed E-state index contributed by atoms with van der Waals surface area (Å²) in [7, 11) is 1.66. The second-order valence-corrected chi connectivity index (χ2v) is 10.4. The Balaban J connectivity index is 1.19. The Morgan fingerprint density at radius 3 is 2.26 bits per heavy atom. The van der Waals surface area contributed by atoms with Crippen LogP contribution in [-0.2, 0) is 14.3 Å². The highest BCUT2D eigenvalue weighted by atomic mass is 19.4. The summed E-state index contributed by atoms with van der Waals surface area (Å²) < 4.78 is 76.5. The lowest BCUT2D eigenvalue weighted by molar-refractivity contribution is -0.202. The molecule has 5 amide bonds. The number of piperidine rings is 1. The number of hydrogen-bond acceptors (Lipinski definition) is 6. The summed E-state index contributed by atoms with van der Waals surface area (Å²) in [6.07, 6.45) is -5.35. The molecule has 3 heterocycles. The van der Waals surface area contributed by atoms with Gasteiger partial charge in [-0.3, -0.25) is 14.9 Å². The summed E-state index contributed by atoms with van der Waals surface area (Å²) in [5.74, 6) is -4.92. The Labute approximate surface area is 219 Å². The van der Waals surface area contributed by atoms with E-state index < -0.39 is 71.9 Å². The van der Waals surface area contributed by atoms with Crippen molar-refractivity contribution in [1.82, 2.24) is 20.4 Å². The summed E-state index contributed by atoms with van der Waals surface area (Å²) in [6.45, 7) is -1.54. The van der Waals surface area contributed by atoms with Crippen molar-refractivity contribution in [2.45, 2.75) is 55.5 Å². The molecule has 1 aromatic carbocycles. The topological polar surface area (TPSA) is 111 Å². The normalized spacial score (nSPS) is 23.0. The Morgan fingerprint density at radius 2 is 1.72 bits per heavy atom. The van der Waals surface area contributed by atoms with Gasteiger partial charge in [0.15, 0.2) is 5.54 Å². The fraction of sp³-hybridized carbons (Fsp3) is 0.583. The van der Waals surface area contributed by atoms with Gasteiger partial charge in [0.05, 0.1) is 32.1 Å². The summed E-state index contributed by atoms with van der Waals surface area (Å²) in [4.78, 5) is 52.0. The highest BCUT2D eigenvalue weighted by Gasteiger charge is 2.63. The fourth-order valence-corrected chi connectivity index (χ4v) is 5.06. The third kappa shape index (κ3) is 5.05. The van der Waals surface area contributed by atoms with E-state index in [1.165, 1.54) is 4.90 Å². The van der Waals surface area contributed by atoms with Crippen molar-refractivity contribution < 1.29 is 45.9 Å². The van der Waals surface area contributed by atoms with Gasteiger partial charge in [-0.15, -0.1) is 0 Å². The maximum atomic E-state index is 14.8. The molecule has 1 saturated carbocycles. The molecule has 10 nitrogen and oxygen atoms in total. The van der Waals surface area contributed by atoms with Crippen molar-refractivity contribution in [3.05, 3.63) is 29.3 Å². The van der Waals surface area contributed by atoms with Gasteiger partial charge < -0.3 is 24.8 Å². The van der Waals surface area contributed by atoms with Gasteiger partial charge in [-0.25, -0.2) is 18.4 Å². The van der Waals surface area contributed by atoms with E-state index in [0.717, 1.165) is 29.9 Å². The van der Waals surface area contributed by atoms with E-state index in [9.17, 15) is 41.1 Å². The van der Waals surface area contributed by atoms with Gasteiger partial charge in [-0.05, 0) is 31.4 Å². The highest BCUT2D eigenvalue weighted by Crippen LogP contribution is 2.41. The van der Waals surface area contributed by atoms with Crippen LogP contribution in [0.2, 0.25) is 0 Å². The summed E-state index contributed by atoms with van der Waals surface area (Å²) in [5.41, 5.74) is -3.49. The quantitative estimate of drug-likeness (QED) is 0.423. The van der Waals surface area contributed by atoms with E-state index in [1.807, 2.05) is 10.6 Å². The zero-order chi connectivity index (χ0) is 28.3. The van der Waals surface area contributed by atoms with Crippen LogP contribution in [0.25, 0.3) is 0 Å². The standard InChI is InChI=1S/C24H26F5N5O5/c1-32(12-2-3-12)22(38)33-8-14(9-33)39-21(37)31-23(24(27,28)29)10-34(11-23)13-6-16(25)19(17(26)7-13)15-4-5-18(35)30-20(15)36/h6-7,12,14-15H,2-5,8-11H2,1H3,(H,31,37)(H,30,35,36). The first-order valence-electron chi connectivity index (χ1n) is 12.4. The number of nitrogens with zero attached hydrogens (tertiary/aromatic N) is 3. The van der Waals surface area contributed by atoms with E-state index in [4.69, 9.17) is 4.74 Å². The second kappa shape index (κ2) is 9.52. The molecule has 39 heavy (non-hydrogen) atoms. The maximum absolute atomic E-state index is 14.8. The predicted molar refractivity (Wildman–Crippen MR) is 124 cm³/mol. The third-order valence-corrected chi connectivity index (χ3v) is 7.61. The summed E-state index contributed by atoms with van der Waals surface area (Å²) >= 11 is 0. The average Bonchev–Trinajstić information content (AvgIpc) is 3.62. The lowest BCUT2D eigenvalue weighted by Gasteiger charge is -2.51. The Bertz CT molecular complexity index is 1190. The van der Waals surface area contributed by atoms with Gasteiger partial charge >= 0.3 is 18.3 Å². The van der Waals surface area contributed by atoms with Gasteiger partial charge in [-0.2, -0.15) is 13.2 Å². The zero-order valence-corrected chi connectivity index (χ0v) is 20.8. The minimum atomic E-state index is -4.90. The van der Waals surface area contributed by atoms with Crippen molar-refractivity contribution in [1.29, 1.82) is 0 Å². The molecule has 0 spiro atoms. The van der Waals surface area contributed by atoms with E-state index in [0.29, 0.717) is 0 Å². The minimum absolute atomic E-state index is 0.0620. The molecule has 1 atom stereocenters. The zero-order valence-electron chi connectivity index (χ0n) is 20.8. The molecule has 5 rings (SSSR count). The van der Waals surface area contributed by atoms with Crippen molar-refractivity contribution >= 4 is 29.6 Å². The van der Waals surface area contributed by atoms with Gasteiger partial charge in [0.2, 0.25) is 11.8 Å². The van der Waals surface area contributed by atoms with Crippen LogP contribution in [0.4, 0.5) is 37.2 Å². The number of imide groups is 1. The molecule has 1 aliphatic carbocycles. The van der Waals surface area contributed by atoms with Gasteiger partial charge in [0.25, 0.3) is 0 Å². The number of halogens is 5. The number of alkyl carbamates (subject to hydrolysis) is 1. The van der Waals surface area contributed by atoms with Crippen molar-refractivity contribution in [3.8, 4) is 0 Å². The monoisotopic (exact) mass is 559 g/mol. The maximum Gasteiger partial charge on any atom is 0.415 e. The van der Waals surface area contributed by atoms with Crippen molar-refractivity contribution in [2.75, 3.05) is 38.1 Å². The van der Waals surface area contributed by atoms with Crippen LogP contribution in [0.3, 0.4) is 0 Å². The first kappa shape index (κ1) is 26.9. The number of hydrogen-bond donors (Lipinski definition) is 2. The molecule has 0 bridgehead atoms. The van der Waals surface area contributed by atoms with E-state index in [2.05, 4.69) is 0 Å². The molecule has 0 radical (unpaired) electrons. The first-order valence-corrected chi connectivity index (χ1v) is 12.4. The molecule has 0 aromatic heterocycles. The van der Waals surface area contributed by atoms with Crippen LogP contribution >= 0.6 is 0 Å². The van der Waals surface area contributed by atoms with Crippen LogP contribution < -0.4 is 15.5 Å². The van der Waals surface area contributed by atoms with E-state index in [1.54, 1.807) is 11.9 Å². The van der Waals surface area contributed by atoms with Crippen LogP contribution in [0.15, 0.2) is 12.1 Å². The SMILES string of the molecule is CN(C(=O)N1CC(OC(=O)NC2(C(F)(F)F)CN(c3cc(F)c(C4CCC(=O)NC4=O)c(F)c3)C2)C1)C1CC1. The first-order chi connectivity index (χ1) is 18.3. The second-order valence-electron chi connectivity index (χ2n) is 10.4. The molecular weight excluding hydrogens is 533 g/mol. The minimum Gasteiger partial charge on any atom is -0.442 e. The Kier molecular flexibility index (Phi) is 6.58. The van der Waals surface area contributed by atoms with Crippen LogP contribution in [0.5, 0.6) is 0 Å². The molecule has 3 saturated heterocycles. The van der Waals surface area contributed by atoms with Crippen LogP contribution in [0, 0.1) is 11.6 Å². The summed E-state index contributed by atoms with van der Waals surface area (Å²) in [5, 5.41) is 3.86. The van der Waals surface area contributed by atoms with E-state index in [-0.39, 0.29) is 43.7 Å².